The summed E-state index contributed by atoms with van der Waals surface area (Å²) in [5, 5.41) is 3.42. The van der Waals surface area contributed by atoms with Crippen molar-refractivity contribution >= 4 is 0 Å². The van der Waals surface area contributed by atoms with E-state index in [0.29, 0.717) is 5.54 Å². The SMILES string of the molecule is CCCN(CC)CC(C)(C)N1CCNCC1. The van der Waals surface area contributed by atoms with E-state index in [2.05, 4.69) is 42.8 Å². The molecule has 0 aliphatic carbocycles. The highest BCUT2D eigenvalue weighted by Gasteiger charge is 2.29. The number of nitrogens with one attached hydrogen (secondary N) is 1. The number of hydrogen-bond donors (Lipinski definition) is 1. The van der Waals surface area contributed by atoms with Crippen molar-refractivity contribution in [3.8, 4) is 0 Å². The molecule has 1 N–H and O–H groups in total. The van der Waals surface area contributed by atoms with E-state index in [0.717, 1.165) is 13.1 Å². The average molecular weight is 227 g/mol. The summed E-state index contributed by atoms with van der Waals surface area (Å²) >= 11 is 0. The van der Waals surface area contributed by atoms with Crippen molar-refractivity contribution in [1.29, 1.82) is 0 Å². The summed E-state index contributed by atoms with van der Waals surface area (Å²) < 4.78 is 0. The van der Waals surface area contributed by atoms with Crippen LogP contribution in [0.2, 0.25) is 0 Å². The smallest absolute Gasteiger partial charge is 0.0281 e. The van der Waals surface area contributed by atoms with Crippen LogP contribution in [0, 0.1) is 0 Å². The van der Waals surface area contributed by atoms with E-state index in [1.165, 1.54) is 39.1 Å². The molecular weight excluding hydrogens is 198 g/mol. The largest absolute Gasteiger partial charge is 0.314 e. The zero-order valence-electron chi connectivity index (χ0n) is 11.6. The van der Waals surface area contributed by atoms with Gasteiger partial charge in [0, 0.05) is 38.3 Å². The number of rotatable bonds is 6. The van der Waals surface area contributed by atoms with Crippen LogP contribution in [0.5, 0.6) is 0 Å². The molecule has 1 aliphatic heterocycles. The minimum absolute atomic E-state index is 0.313. The third-order valence-electron chi connectivity index (χ3n) is 3.57. The van der Waals surface area contributed by atoms with Crippen LogP contribution < -0.4 is 5.32 Å². The van der Waals surface area contributed by atoms with Crippen LogP contribution in [-0.2, 0) is 0 Å². The van der Waals surface area contributed by atoms with Crippen LogP contribution in [0.3, 0.4) is 0 Å². The molecule has 1 aliphatic rings. The number of piperazine rings is 1. The molecular formula is C13H29N3. The molecule has 3 heteroatoms. The van der Waals surface area contributed by atoms with E-state index >= 15 is 0 Å². The van der Waals surface area contributed by atoms with E-state index in [1.807, 2.05) is 0 Å². The molecule has 0 spiro atoms. The maximum Gasteiger partial charge on any atom is 0.0281 e. The Morgan fingerprint density at radius 1 is 1.19 bits per heavy atom. The molecule has 1 rings (SSSR count). The van der Waals surface area contributed by atoms with Gasteiger partial charge in [0.2, 0.25) is 0 Å². The number of hydrogen-bond acceptors (Lipinski definition) is 3. The molecule has 0 radical (unpaired) electrons. The summed E-state index contributed by atoms with van der Waals surface area (Å²) in [6.45, 7) is 17.6. The van der Waals surface area contributed by atoms with Crippen LogP contribution in [0.1, 0.15) is 34.1 Å². The van der Waals surface area contributed by atoms with Crippen LogP contribution in [0.15, 0.2) is 0 Å². The molecule has 0 atom stereocenters. The zero-order valence-corrected chi connectivity index (χ0v) is 11.6. The fourth-order valence-electron chi connectivity index (χ4n) is 2.58. The second kappa shape index (κ2) is 6.58. The minimum atomic E-state index is 0.313. The first kappa shape index (κ1) is 13.9. The lowest BCUT2D eigenvalue weighted by Crippen LogP contribution is -2.57. The standard InChI is InChI=1S/C13H29N3/c1-5-9-15(6-2)12-13(3,4)16-10-7-14-8-11-16/h14H,5-12H2,1-4H3. The van der Waals surface area contributed by atoms with Gasteiger partial charge < -0.3 is 10.2 Å². The molecule has 16 heavy (non-hydrogen) atoms. The second-order valence-electron chi connectivity index (χ2n) is 5.42. The molecule has 0 bridgehead atoms. The van der Waals surface area contributed by atoms with E-state index in [4.69, 9.17) is 0 Å². The zero-order chi connectivity index (χ0) is 12.0. The summed E-state index contributed by atoms with van der Waals surface area (Å²) in [4.78, 5) is 5.20. The first-order chi connectivity index (χ1) is 7.60. The van der Waals surface area contributed by atoms with Crippen molar-refractivity contribution in [3.63, 3.8) is 0 Å². The lowest BCUT2D eigenvalue weighted by molar-refractivity contribution is 0.0648. The van der Waals surface area contributed by atoms with Gasteiger partial charge in [0.1, 0.15) is 0 Å². The van der Waals surface area contributed by atoms with Crippen molar-refractivity contribution in [3.05, 3.63) is 0 Å². The monoisotopic (exact) mass is 227 g/mol. The van der Waals surface area contributed by atoms with Gasteiger partial charge in [-0.2, -0.15) is 0 Å². The maximum atomic E-state index is 3.42. The van der Waals surface area contributed by atoms with Crippen molar-refractivity contribution in [2.45, 2.75) is 39.7 Å². The fraction of sp³-hybridized carbons (Fsp3) is 1.00. The summed E-state index contributed by atoms with van der Waals surface area (Å²) in [7, 11) is 0. The Labute approximate surface area is 101 Å². The first-order valence-corrected chi connectivity index (χ1v) is 6.78. The van der Waals surface area contributed by atoms with Crippen LogP contribution >= 0.6 is 0 Å². The Hall–Kier alpha value is -0.120. The molecule has 0 saturated carbocycles. The maximum absolute atomic E-state index is 3.42. The molecule has 0 aromatic rings. The Bertz CT molecular complexity index is 186. The summed E-state index contributed by atoms with van der Waals surface area (Å²) in [5.74, 6) is 0. The molecule has 3 nitrogen and oxygen atoms in total. The van der Waals surface area contributed by atoms with E-state index in [-0.39, 0.29) is 0 Å². The van der Waals surface area contributed by atoms with Gasteiger partial charge in [-0.3, -0.25) is 4.90 Å². The van der Waals surface area contributed by atoms with Gasteiger partial charge in [-0.05, 0) is 33.4 Å². The van der Waals surface area contributed by atoms with Crippen molar-refractivity contribution in [2.24, 2.45) is 0 Å². The summed E-state index contributed by atoms with van der Waals surface area (Å²) in [5.41, 5.74) is 0.313. The van der Waals surface area contributed by atoms with Gasteiger partial charge >= 0.3 is 0 Å². The number of likely N-dealkylation sites (N-methyl/N-ethyl adjacent to an activating group) is 1. The van der Waals surface area contributed by atoms with Crippen LogP contribution in [0.4, 0.5) is 0 Å². The van der Waals surface area contributed by atoms with Gasteiger partial charge in [-0.1, -0.05) is 13.8 Å². The van der Waals surface area contributed by atoms with Crippen molar-refractivity contribution in [2.75, 3.05) is 45.8 Å². The highest BCUT2D eigenvalue weighted by atomic mass is 15.3. The molecule has 0 amide bonds. The molecule has 96 valence electrons. The number of nitrogens with zero attached hydrogens (tertiary/aromatic N) is 2. The predicted molar refractivity (Wildman–Crippen MR) is 70.9 cm³/mol. The van der Waals surface area contributed by atoms with E-state index in [9.17, 15) is 0 Å². The van der Waals surface area contributed by atoms with Gasteiger partial charge in [0.25, 0.3) is 0 Å². The Balaban J connectivity index is 2.47. The van der Waals surface area contributed by atoms with E-state index < -0.39 is 0 Å². The quantitative estimate of drug-likeness (QED) is 0.740. The van der Waals surface area contributed by atoms with Crippen molar-refractivity contribution < 1.29 is 0 Å². The normalized spacial score (nSPS) is 19.3. The second-order valence-corrected chi connectivity index (χ2v) is 5.42. The third-order valence-corrected chi connectivity index (χ3v) is 3.57. The molecule has 0 aromatic carbocycles. The third kappa shape index (κ3) is 4.04. The molecule has 0 aromatic heterocycles. The van der Waals surface area contributed by atoms with Gasteiger partial charge in [0.15, 0.2) is 0 Å². The van der Waals surface area contributed by atoms with Crippen LogP contribution in [0.25, 0.3) is 0 Å². The lowest BCUT2D eigenvalue weighted by Gasteiger charge is -2.43. The lowest BCUT2D eigenvalue weighted by atomic mass is 10.0. The van der Waals surface area contributed by atoms with Crippen LogP contribution in [-0.4, -0.2) is 61.2 Å². The summed E-state index contributed by atoms with van der Waals surface area (Å²) in [6.07, 6.45) is 1.26. The van der Waals surface area contributed by atoms with E-state index in [1.54, 1.807) is 0 Å². The minimum Gasteiger partial charge on any atom is -0.314 e. The Morgan fingerprint density at radius 2 is 1.81 bits per heavy atom. The van der Waals surface area contributed by atoms with Gasteiger partial charge in [-0.25, -0.2) is 0 Å². The molecule has 1 fully saturated rings. The summed E-state index contributed by atoms with van der Waals surface area (Å²) in [6, 6.07) is 0. The fourth-order valence-corrected chi connectivity index (χ4v) is 2.58. The topological polar surface area (TPSA) is 18.5 Å². The average Bonchev–Trinajstić information content (AvgIpc) is 2.29. The molecule has 0 unspecified atom stereocenters. The first-order valence-electron chi connectivity index (χ1n) is 6.78. The molecule has 1 saturated heterocycles. The predicted octanol–water partition coefficient (Wildman–Crippen LogP) is 1.40. The van der Waals surface area contributed by atoms with Gasteiger partial charge in [-0.15, -0.1) is 0 Å². The van der Waals surface area contributed by atoms with Gasteiger partial charge in [0.05, 0.1) is 0 Å². The Morgan fingerprint density at radius 3 is 2.31 bits per heavy atom. The Kier molecular flexibility index (Phi) is 5.73. The highest BCUT2D eigenvalue weighted by molar-refractivity contribution is 4.87. The van der Waals surface area contributed by atoms with Crippen molar-refractivity contribution in [1.82, 2.24) is 15.1 Å². The molecule has 1 heterocycles. The highest BCUT2D eigenvalue weighted by Crippen LogP contribution is 2.16.